The molecule has 0 saturated carbocycles. The fraction of sp³-hybridized carbons (Fsp3) is 1.00. The normalized spacial score (nSPS) is 20.2. The standard InChI is InChI=1S/C10H22N/c1-3-5-7-11(9-10-11)8-6-4-2/h3-10H2,1-2H3/q+1. The molecule has 66 valence electrons. The maximum Gasteiger partial charge on any atom is 0.129 e. The molecule has 0 radical (unpaired) electrons. The molecule has 0 amide bonds. The second kappa shape index (κ2) is 4.10. The summed E-state index contributed by atoms with van der Waals surface area (Å²) in [5.41, 5.74) is 0. The van der Waals surface area contributed by atoms with Gasteiger partial charge >= 0.3 is 0 Å². The average Bonchev–Trinajstić information content (AvgIpc) is 2.79. The first-order valence-corrected chi connectivity index (χ1v) is 5.18. The zero-order chi connectivity index (χ0) is 8.16. The predicted octanol–water partition coefficient (Wildman–Crippen LogP) is 2.42. The highest BCUT2D eigenvalue weighted by Gasteiger charge is 2.39. The van der Waals surface area contributed by atoms with Gasteiger partial charge in [0.15, 0.2) is 0 Å². The van der Waals surface area contributed by atoms with Crippen molar-refractivity contribution in [2.45, 2.75) is 39.5 Å². The topological polar surface area (TPSA) is 0 Å². The summed E-state index contributed by atoms with van der Waals surface area (Å²) < 4.78 is 1.46. The Morgan fingerprint density at radius 1 is 0.909 bits per heavy atom. The summed E-state index contributed by atoms with van der Waals surface area (Å²) in [7, 11) is 0. The Bertz CT molecular complexity index is 95.4. The number of quaternary nitrogens is 1. The molecule has 0 aromatic carbocycles. The van der Waals surface area contributed by atoms with Gasteiger partial charge in [0.05, 0.1) is 13.1 Å². The molecule has 0 unspecified atom stereocenters. The van der Waals surface area contributed by atoms with Crippen LogP contribution in [0.1, 0.15) is 39.5 Å². The zero-order valence-corrected chi connectivity index (χ0v) is 8.10. The van der Waals surface area contributed by atoms with Crippen LogP contribution >= 0.6 is 0 Å². The number of unbranched alkanes of at least 4 members (excludes halogenated alkanes) is 2. The molecule has 0 N–H and O–H groups in total. The van der Waals surface area contributed by atoms with Crippen molar-refractivity contribution in [2.24, 2.45) is 0 Å². The Labute approximate surface area is 71.0 Å². The summed E-state index contributed by atoms with van der Waals surface area (Å²) in [4.78, 5) is 0. The van der Waals surface area contributed by atoms with Crippen LogP contribution in [0.4, 0.5) is 0 Å². The van der Waals surface area contributed by atoms with Crippen LogP contribution in [-0.2, 0) is 0 Å². The third-order valence-corrected chi connectivity index (χ3v) is 2.83. The van der Waals surface area contributed by atoms with Crippen LogP contribution in [0, 0.1) is 0 Å². The molecule has 1 aliphatic rings. The van der Waals surface area contributed by atoms with Gasteiger partial charge in [-0.15, -0.1) is 0 Å². The van der Waals surface area contributed by atoms with Crippen LogP contribution < -0.4 is 0 Å². The van der Waals surface area contributed by atoms with Gasteiger partial charge in [-0.1, -0.05) is 26.7 Å². The smallest absolute Gasteiger partial charge is 0.129 e. The first kappa shape index (κ1) is 9.05. The molecular weight excluding hydrogens is 134 g/mol. The van der Waals surface area contributed by atoms with Crippen LogP contribution in [0.25, 0.3) is 0 Å². The molecule has 1 heterocycles. The Kier molecular flexibility index (Phi) is 3.38. The molecule has 0 bridgehead atoms. The number of hydrogen-bond donors (Lipinski definition) is 0. The Morgan fingerprint density at radius 3 is 1.64 bits per heavy atom. The first-order valence-electron chi connectivity index (χ1n) is 5.18. The van der Waals surface area contributed by atoms with Crippen molar-refractivity contribution in [3.8, 4) is 0 Å². The fourth-order valence-corrected chi connectivity index (χ4v) is 1.69. The van der Waals surface area contributed by atoms with Crippen LogP contribution in [0.2, 0.25) is 0 Å². The molecule has 0 atom stereocenters. The highest BCUT2D eigenvalue weighted by Crippen LogP contribution is 2.22. The minimum absolute atomic E-state index is 1.37. The van der Waals surface area contributed by atoms with Crippen LogP contribution in [0.3, 0.4) is 0 Å². The van der Waals surface area contributed by atoms with E-state index in [0.717, 1.165) is 0 Å². The largest absolute Gasteiger partial charge is 0.314 e. The van der Waals surface area contributed by atoms with Crippen molar-refractivity contribution < 1.29 is 4.48 Å². The lowest BCUT2D eigenvalue weighted by Gasteiger charge is -2.17. The predicted molar refractivity (Wildman–Crippen MR) is 49.5 cm³/mol. The Balaban J connectivity index is 2.08. The third kappa shape index (κ3) is 2.82. The van der Waals surface area contributed by atoms with Gasteiger partial charge in [-0.2, -0.15) is 0 Å². The van der Waals surface area contributed by atoms with E-state index >= 15 is 0 Å². The van der Waals surface area contributed by atoms with Crippen LogP contribution in [0.15, 0.2) is 0 Å². The highest BCUT2D eigenvalue weighted by atomic mass is 15.5. The van der Waals surface area contributed by atoms with E-state index < -0.39 is 0 Å². The van der Waals surface area contributed by atoms with Gasteiger partial charge in [0.2, 0.25) is 0 Å². The molecule has 0 aliphatic carbocycles. The molecule has 1 rings (SSSR count). The number of hydrogen-bond acceptors (Lipinski definition) is 0. The SMILES string of the molecule is CCCC[N+]1(CCCC)CC1. The molecular formula is C10H22N+. The van der Waals surface area contributed by atoms with E-state index in [9.17, 15) is 0 Å². The fourth-order valence-electron chi connectivity index (χ4n) is 1.69. The molecule has 0 spiro atoms. The lowest BCUT2D eigenvalue weighted by Crippen LogP contribution is -2.28. The molecule has 11 heavy (non-hydrogen) atoms. The van der Waals surface area contributed by atoms with Gasteiger partial charge < -0.3 is 4.48 Å². The van der Waals surface area contributed by atoms with Crippen molar-refractivity contribution >= 4 is 0 Å². The molecule has 1 saturated heterocycles. The minimum atomic E-state index is 1.37. The summed E-state index contributed by atoms with van der Waals surface area (Å²) in [5, 5.41) is 0. The minimum Gasteiger partial charge on any atom is -0.314 e. The van der Waals surface area contributed by atoms with Gasteiger partial charge in [0, 0.05) is 0 Å². The van der Waals surface area contributed by atoms with E-state index in [1.807, 2.05) is 0 Å². The monoisotopic (exact) mass is 156 g/mol. The van der Waals surface area contributed by atoms with Crippen molar-refractivity contribution in [1.29, 1.82) is 0 Å². The third-order valence-electron chi connectivity index (χ3n) is 2.83. The summed E-state index contributed by atoms with van der Waals surface area (Å²) in [6.07, 6.45) is 5.60. The van der Waals surface area contributed by atoms with Crippen LogP contribution in [0.5, 0.6) is 0 Å². The molecule has 0 aromatic rings. The molecule has 1 nitrogen and oxygen atoms in total. The number of rotatable bonds is 6. The summed E-state index contributed by atoms with van der Waals surface area (Å²) in [5.74, 6) is 0. The van der Waals surface area contributed by atoms with Crippen molar-refractivity contribution in [2.75, 3.05) is 26.2 Å². The van der Waals surface area contributed by atoms with Gasteiger partial charge in [0.1, 0.15) is 13.1 Å². The maximum atomic E-state index is 2.29. The second-order valence-electron chi connectivity index (χ2n) is 3.94. The van der Waals surface area contributed by atoms with Crippen LogP contribution in [-0.4, -0.2) is 30.7 Å². The number of nitrogens with zero attached hydrogens (tertiary/aromatic N) is 1. The second-order valence-corrected chi connectivity index (χ2v) is 3.94. The lowest BCUT2D eigenvalue weighted by atomic mass is 10.3. The van der Waals surface area contributed by atoms with E-state index in [0.29, 0.717) is 0 Å². The summed E-state index contributed by atoms with van der Waals surface area (Å²) >= 11 is 0. The van der Waals surface area contributed by atoms with E-state index in [-0.39, 0.29) is 0 Å². The maximum absolute atomic E-state index is 2.29. The first-order chi connectivity index (χ1) is 5.33. The molecule has 1 fully saturated rings. The van der Waals surface area contributed by atoms with Crippen molar-refractivity contribution in [1.82, 2.24) is 0 Å². The zero-order valence-electron chi connectivity index (χ0n) is 8.10. The van der Waals surface area contributed by atoms with Gasteiger partial charge in [-0.3, -0.25) is 0 Å². The summed E-state index contributed by atoms with van der Waals surface area (Å²) in [6.45, 7) is 10.4. The van der Waals surface area contributed by atoms with Gasteiger partial charge in [-0.05, 0) is 12.8 Å². The highest BCUT2D eigenvalue weighted by molar-refractivity contribution is 4.56. The summed E-state index contributed by atoms with van der Waals surface area (Å²) in [6, 6.07) is 0. The molecule has 1 heteroatoms. The quantitative estimate of drug-likeness (QED) is 0.409. The van der Waals surface area contributed by atoms with E-state index in [1.165, 1.54) is 56.3 Å². The van der Waals surface area contributed by atoms with Crippen molar-refractivity contribution in [3.05, 3.63) is 0 Å². The Hall–Kier alpha value is -0.0400. The van der Waals surface area contributed by atoms with E-state index in [1.54, 1.807) is 0 Å². The van der Waals surface area contributed by atoms with E-state index in [2.05, 4.69) is 13.8 Å². The average molecular weight is 156 g/mol. The Morgan fingerprint density at radius 2 is 1.36 bits per heavy atom. The van der Waals surface area contributed by atoms with E-state index in [4.69, 9.17) is 0 Å². The van der Waals surface area contributed by atoms with Crippen molar-refractivity contribution in [3.63, 3.8) is 0 Å². The molecule has 0 aromatic heterocycles. The molecule has 1 aliphatic heterocycles. The van der Waals surface area contributed by atoms with Gasteiger partial charge in [0.25, 0.3) is 0 Å². The van der Waals surface area contributed by atoms with Gasteiger partial charge in [-0.25, -0.2) is 0 Å². The lowest BCUT2D eigenvalue weighted by molar-refractivity contribution is -0.800.